The van der Waals surface area contributed by atoms with Gasteiger partial charge in [-0.2, -0.15) is 0 Å². The maximum absolute atomic E-state index is 10.9. The number of hydrogen-bond acceptors (Lipinski definition) is 1. The SMILES string of the molecule is O=C(O)Cc1ccc(Cl)cc1/C=C/c1ccccc1Br. The van der Waals surface area contributed by atoms with Crippen molar-refractivity contribution in [2.45, 2.75) is 6.42 Å². The predicted octanol–water partition coefficient (Wildman–Crippen LogP) is 4.90. The van der Waals surface area contributed by atoms with E-state index in [0.717, 1.165) is 21.2 Å². The van der Waals surface area contributed by atoms with Gasteiger partial charge in [0.05, 0.1) is 6.42 Å². The number of benzene rings is 2. The van der Waals surface area contributed by atoms with E-state index in [0.29, 0.717) is 5.02 Å². The molecule has 0 heterocycles. The van der Waals surface area contributed by atoms with Gasteiger partial charge in [-0.3, -0.25) is 4.79 Å². The average Bonchev–Trinajstić information content (AvgIpc) is 2.40. The zero-order chi connectivity index (χ0) is 14.5. The third-order valence-electron chi connectivity index (χ3n) is 2.80. The quantitative estimate of drug-likeness (QED) is 0.795. The lowest BCUT2D eigenvalue weighted by atomic mass is 10.0. The number of hydrogen-bond donors (Lipinski definition) is 1. The molecule has 2 nitrogen and oxygen atoms in total. The van der Waals surface area contributed by atoms with Crippen LogP contribution in [0.15, 0.2) is 46.9 Å². The molecular formula is C16H12BrClO2. The molecule has 20 heavy (non-hydrogen) atoms. The smallest absolute Gasteiger partial charge is 0.307 e. The fourth-order valence-electron chi connectivity index (χ4n) is 1.83. The minimum absolute atomic E-state index is 0.0210. The summed E-state index contributed by atoms with van der Waals surface area (Å²) in [5, 5.41) is 9.51. The first kappa shape index (κ1) is 14.8. The van der Waals surface area contributed by atoms with E-state index in [-0.39, 0.29) is 6.42 Å². The lowest BCUT2D eigenvalue weighted by Crippen LogP contribution is -2.01. The van der Waals surface area contributed by atoms with Gasteiger partial charge in [0.2, 0.25) is 0 Å². The summed E-state index contributed by atoms with van der Waals surface area (Å²) in [6.07, 6.45) is 3.79. The van der Waals surface area contributed by atoms with Gasteiger partial charge >= 0.3 is 5.97 Å². The van der Waals surface area contributed by atoms with Gasteiger partial charge in [-0.1, -0.05) is 63.9 Å². The summed E-state index contributed by atoms with van der Waals surface area (Å²) in [6, 6.07) is 13.0. The second-order valence-corrected chi connectivity index (χ2v) is 5.56. The molecular weight excluding hydrogens is 340 g/mol. The van der Waals surface area contributed by atoms with Crippen molar-refractivity contribution < 1.29 is 9.90 Å². The zero-order valence-electron chi connectivity index (χ0n) is 10.5. The predicted molar refractivity (Wildman–Crippen MR) is 85.9 cm³/mol. The van der Waals surface area contributed by atoms with Crippen molar-refractivity contribution >= 4 is 45.7 Å². The Morgan fingerprint density at radius 1 is 1.15 bits per heavy atom. The minimum atomic E-state index is -0.858. The Bertz CT molecular complexity index is 665. The summed E-state index contributed by atoms with van der Waals surface area (Å²) >= 11 is 9.45. The maximum Gasteiger partial charge on any atom is 0.307 e. The molecule has 0 saturated carbocycles. The Morgan fingerprint density at radius 3 is 2.55 bits per heavy atom. The number of carboxylic acids is 1. The highest BCUT2D eigenvalue weighted by Gasteiger charge is 2.05. The first-order valence-corrected chi connectivity index (χ1v) is 7.16. The Kier molecular flexibility index (Phi) is 4.99. The molecule has 2 aromatic rings. The third-order valence-corrected chi connectivity index (χ3v) is 3.75. The first-order chi connectivity index (χ1) is 9.56. The van der Waals surface area contributed by atoms with Gasteiger partial charge in [-0.05, 0) is 34.9 Å². The molecule has 102 valence electrons. The van der Waals surface area contributed by atoms with Crippen molar-refractivity contribution in [3.63, 3.8) is 0 Å². The number of rotatable bonds is 4. The molecule has 2 aromatic carbocycles. The van der Waals surface area contributed by atoms with E-state index < -0.39 is 5.97 Å². The number of carboxylic acid groups (broad SMARTS) is 1. The van der Waals surface area contributed by atoms with Crippen molar-refractivity contribution in [1.29, 1.82) is 0 Å². The van der Waals surface area contributed by atoms with Gasteiger partial charge in [0.25, 0.3) is 0 Å². The number of halogens is 2. The maximum atomic E-state index is 10.9. The minimum Gasteiger partial charge on any atom is -0.481 e. The summed E-state index contributed by atoms with van der Waals surface area (Å²) < 4.78 is 0.984. The van der Waals surface area contributed by atoms with Crippen LogP contribution in [-0.4, -0.2) is 11.1 Å². The summed E-state index contributed by atoms with van der Waals surface area (Å²) in [7, 11) is 0. The van der Waals surface area contributed by atoms with Crippen LogP contribution in [0.1, 0.15) is 16.7 Å². The molecule has 1 N–H and O–H groups in total. The van der Waals surface area contributed by atoms with Crippen LogP contribution in [0.3, 0.4) is 0 Å². The monoisotopic (exact) mass is 350 g/mol. The topological polar surface area (TPSA) is 37.3 Å². The Hall–Kier alpha value is -1.58. The summed E-state index contributed by atoms with van der Waals surface area (Å²) in [4.78, 5) is 10.9. The molecule has 0 saturated heterocycles. The molecule has 0 bridgehead atoms. The summed E-state index contributed by atoms with van der Waals surface area (Å²) in [5.41, 5.74) is 2.58. The van der Waals surface area contributed by atoms with E-state index in [9.17, 15) is 4.79 Å². The highest BCUT2D eigenvalue weighted by atomic mass is 79.9. The van der Waals surface area contributed by atoms with Crippen molar-refractivity contribution in [2.75, 3.05) is 0 Å². The first-order valence-electron chi connectivity index (χ1n) is 5.99. The Morgan fingerprint density at radius 2 is 1.85 bits per heavy atom. The summed E-state index contributed by atoms with van der Waals surface area (Å²) in [5.74, 6) is -0.858. The van der Waals surface area contributed by atoms with E-state index in [4.69, 9.17) is 16.7 Å². The van der Waals surface area contributed by atoms with E-state index >= 15 is 0 Å². The van der Waals surface area contributed by atoms with Crippen LogP contribution in [-0.2, 0) is 11.2 Å². The Labute approximate surface area is 130 Å². The van der Waals surface area contributed by atoms with E-state index in [1.54, 1.807) is 18.2 Å². The van der Waals surface area contributed by atoms with E-state index in [1.165, 1.54) is 0 Å². The average molecular weight is 352 g/mol. The van der Waals surface area contributed by atoms with E-state index in [1.807, 2.05) is 36.4 Å². The molecule has 0 aliphatic carbocycles. The van der Waals surface area contributed by atoms with Crippen LogP contribution in [0.2, 0.25) is 5.02 Å². The number of carbonyl (C=O) groups is 1. The van der Waals surface area contributed by atoms with Crippen LogP contribution < -0.4 is 0 Å². The summed E-state index contributed by atoms with van der Waals surface area (Å²) in [6.45, 7) is 0. The zero-order valence-corrected chi connectivity index (χ0v) is 12.9. The van der Waals surface area contributed by atoms with Crippen LogP contribution >= 0.6 is 27.5 Å². The lowest BCUT2D eigenvalue weighted by Gasteiger charge is -2.04. The molecule has 0 fully saturated rings. The van der Waals surface area contributed by atoms with Gasteiger partial charge in [-0.25, -0.2) is 0 Å². The van der Waals surface area contributed by atoms with Crippen LogP contribution in [0.4, 0.5) is 0 Å². The molecule has 0 amide bonds. The fraction of sp³-hybridized carbons (Fsp3) is 0.0625. The molecule has 0 unspecified atom stereocenters. The van der Waals surface area contributed by atoms with Crippen LogP contribution in [0.25, 0.3) is 12.2 Å². The molecule has 4 heteroatoms. The molecule has 0 spiro atoms. The second kappa shape index (κ2) is 6.73. The molecule has 0 aliphatic rings. The van der Waals surface area contributed by atoms with Crippen molar-refractivity contribution in [2.24, 2.45) is 0 Å². The van der Waals surface area contributed by atoms with Crippen molar-refractivity contribution in [3.8, 4) is 0 Å². The fourth-order valence-corrected chi connectivity index (χ4v) is 2.43. The van der Waals surface area contributed by atoms with Gasteiger partial charge in [0.15, 0.2) is 0 Å². The van der Waals surface area contributed by atoms with Gasteiger partial charge in [0.1, 0.15) is 0 Å². The highest BCUT2D eigenvalue weighted by Crippen LogP contribution is 2.22. The Balaban J connectivity index is 2.35. The van der Waals surface area contributed by atoms with Gasteiger partial charge in [-0.15, -0.1) is 0 Å². The standard InChI is InChI=1S/C16H12BrClO2/c17-15-4-2-1-3-11(15)5-6-12-9-14(18)8-7-13(12)10-16(19)20/h1-9H,10H2,(H,19,20)/b6-5+. The normalized spacial score (nSPS) is 10.9. The van der Waals surface area contributed by atoms with E-state index in [2.05, 4.69) is 15.9 Å². The molecule has 0 aromatic heterocycles. The van der Waals surface area contributed by atoms with Gasteiger partial charge < -0.3 is 5.11 Å². The largest absolute Gasteiger partial charge is 0.481 e. The molecule has 0 aliphatic heterocycles. The molecule has 2 rings (SSSR count). The van der Waals surface area contributed by atoms with Crippen LogP contribution in [0, 0.1) is 0 Å². The third kappa shape index (κ3) is 3.95. The molecule has 0 radical (unpaired) electrons. The van der Waals surface area contributed by atoms with Crippen molar-refractivity contribution in [3.05, 3.63) is 68.7 Å². The highest BCUT2D eigenvalue weighted by molar-refractivity contribution is 9.10. The lowest BCUT2D eigenvalue weighted by molar-refractivity contribution is -0.136. The second-order valence-electron chi connectivity index (χ2n) is 4.27. The van der Waals surface area contributed by atoms with Crippen molar-refractivity contribution in [1.82, 2.24) is 0 Å². The van der Waals surface area contributed by atoms with Gasteiger partial charge in [0, 0.05) is 9.50 Å². The van der Waals surface area contributed by atoms with Crippen LogP contribution in [0.5, 0.6) is 0 Å². The number of aliphatic carboxylic acids is 1. The molecule has 0 atom stereocenters.